The molecule has 18 heavy (non-hydrogen) atoms. The van der Waals surface area contributed by atoms with E-state index in [0.717, 1.165) is 26.2 Å². The smallest absolute Gasteiger partial charge is 0.0586 e. The first-order valence-electron chi connectivity index (χ1n) is 6.59. The van der Waals surface area contributed by atoms with Crippen molar-refractivity contribution in [3.05, 3.63) is 36.0 Å². The monoisotopic (exact) mass is 244 g/mol. The molecule has 3 nitrogen and oxygen atoms in total. The maximum atomic E-state index is 5.78. The van der Waals surface area contributed by atoms with Crippen molar-refractivity contribution >= 4 is 10.9 Å². The quantitative estimate of drug-likeness (QED) is 0.867. The minimum Gasteiger partial charge on any atom is -0.379 e. The fraction of sp³-hybridized carbons (Fsp3) is 0.467. The Morgan fingerprint density at radius 1 is 1.39 bits per heavy atom. The fourth-order valence-corrected chi connectivity index (χ4v) is 2.99. The van der Waals surface area contributed by atoms with E-state index in [9.17, 15) is 0 Å². The molecule has 3 heteroatoms. The predicted molar refractivity (Wildman–Crippen MR) is 73.6 cm³/mol. The number of H-pyrrole nitrogens is 1. The lowest BCUT2D eigenvalue weighted by Crippen LogP contribution is -2.48. The second-order valence-corrected chi connectivity index (χ2v) is 5.57. The summed E-state index contributed by atoms with van der Waals surface area (Å²) in [6.07, 6.45) is 3.25. The van der Waals surface area contributed by atoms with Crippen molar-refractivity contribution in [1.82, 2.24) is 4.98 Å². The molecular formula is C15H20N2O. The second kappa shape index (κ2) is 4.41. The summed E-state index contributed by atoms with van der Waals surface area (Å²) in [5.74, 6) is 0.530. The third kappa shape index (κ3) is 1.74. The Labute approximate surface area is 107 Å². The molecule has 0 bridgehead atoms. The number of nitrogens with two attached hydrogens (primary N) is 1. The Morgan fingerprint density at radius 3 is 2.83 bits per heavy atom. The summed E-state index contributed by atoms with van der Waals surface area (Å²) in [5.41, 5.74) is 8.54. The zero-order valence-electron chi connectivity index (χ0n) is 10.8. The Hall–Kier alpha value is -1.32. The molecule has 1 aromatic carbocycles. The zero-order valence-corrected chi connectivity index (χ0v) is 10.8. The lowest BCUT2D eigenvalue weighted by atomic mass is 9.72. The van der Waals surface area contributed by atoms with Crippen LogP contribution in [0.1, 0.15) is 18.9 Å². The molecule has 0 saturated carbocycles. The molecular weight excluding hydrogens is 224 g/mol. The maximum absolute atomic E-state index is 5.78. The van der Waals surface area contributed by atoms with Gasteiger partial charge in [0.25, 0.3) is 0 Å². The Kier molecular flexibility index (Phi) is 2.88. The van der Waals surface area contributed by atoms with Crippen LogP contribution in [-0.4, -0.2) is 24.7 Å². The Morgan fingerprint density at radius 2 is 2.17 bits per heavy atom. The van der Waals surface area contributed by atoms with Gasteiger partial charge in [-0.1, -0.05) is 25.1 Å². The predicted octanol–water partition coefficient (Wildman–Crippen LogP) is 2.42. The Bertz CT molecular complexity index is 542. The third-order valence-corrected chi connectivity index (χ3v) is 4.06. The van der Waals surface area contributed by atoms with Crippen LogP contribution in [0.2, 0.25) is 0 Å². The maximum Gasteiger partial charge on any atom is 0.0586 e. The molecule has 0 spiro atoms. The minimum absolute atomic E-state index is 0.165. The topological polar surface area (TPSA) is 51.0 Å². The number of para-hydroxylation sites is 1. The van der Waals surface area contributed by atoms with Gasteiger partial charge < -0.3 is 15.5 Å². The molecule has 2 heterocycles. The van der Waals surface area contributed by atoms with Crippen LogP contribution in [0.5, 0.6) is 0 Å². The number of benzene rings is 1. The molecule has 1 aliphatic rings. The molecule has 1 atom stereocenters. The van der Waals surface area contributed by atoms with Gasteiger partial charge in [-0.2, -0.15) is 0 Å². The van der Waals surface area contributed by atoms with Gasteiger partial charge in [0.15, 0.2) is 0 Å². The Balaban J connectivity index is 2.01. The van der Waals surface area contributed by atoms with Gasteiger partial charge in [-0.05, 0) is 30.5 Å². The van der Waals surface area contributed by atoms with Gasteiger partial charge in [-0.15, -0.1) is 0 Å². The van der Waals surface area contributed by atoms with Crippen molar-refractivity contribution in [1.29, 1.82) is 0 Å². The van der Waals surface area contributed by atoms with Crippen LogP contribution in [0, 0.1) is 5.92 Å². The van der Waals surface area contributed by atoms with Crippen molar-refractivity contribution in [3.63, 3.8) is 0 Å². The average molecular weight is 244 g/mol. The van der Waals surface area contributed by atoms with Gasteiger partial charge in [-0.25, -0.2) is 0 Å². The number of aromatic amines is 1. The molecule has 0 aliphatic carbocycles. The normalized spacial score (nSPS) is 19.7. The first-order valence-corrected chi connectivity index (χ1v) is 6.59. The average Bonchev–Trinajstić information content (AvgIpc) is 2.78. The molecule has 1 aliphatic heterocycles. The van der Waals surface area contributed by atoms with Crippen molar-refractivity contribution in [2.45, 2.75) is 18.8 Å². The van der Waals surface area contributed by atoms with E-state index < -0.39 is 0 Å². The van der Waals surface area contributed by atoms with Crippen LogP contribution < -0.4 is 5.73 Å². The summed E-state index contributed by atoms with van der Waals surface area (Å²) in [6, 6.07) is 8.47. The largest absolute Gasteiger partial charge is 0.379 e. The minimum atomic E-state index is 0.165. The summed E-state index contributed by atoms with van der Waals surface area (Å²) in [7, 11) is 0. The lowest BCUT2D eigenvalue weighted by Gasteiger charge is -2.43. The lowest BCUT2D eigenvalue weighted by molar-refractivity contribution is -0.0694. The number of aromatic nitrogens is 1. The van der Waals surface area contributed by atoms with Gasteiger partial charge in [0.2, 0.25) is 0 Å². The molecule has 3 N–H and O–H groups in total. The first kappa shape index (κ1) is 11.8. The van der Waals surface area contributed by atoms with E-state index in [0.29, 0.717) is 5.92 Å². The highest BCUT2D eigenvalue weighted by molar-refractivity contribution is 5.84. The van der Waals surface area contributed by atoms with E-state index in [2.05, 4.69) is 42.4 Å². The SMILES string of the molecule is CC(CN)CC1(c2c[nH]c3ccccc23)COC1. The number of nitrogens with one attached hydrogen (secondary N) is 1. The highest BCUT2D eigenvalue weighted by atomic mass is 16.5. The molecule has 1 unspecified atom stereocenters. The van der Waals surface area contributed by atoms with E-state index in [-0.39, 0.29) is 5.41 Å². The molecule has 96 valence electrons. The van der Waals surface area contributed by atoms with E-state index in [1.807, 2.05) is 0 Å². The second-order valence-electron chi connectivity index (χ2n) is 5.57. The highest BCUT2D eigenvalue weighted by Crippen LogP contribution is 2.41. The van der Waals surface area contributed by atoms with Crippen LogP contribution in [0.3, 0.4) is 0 Å². The summed E-state index contributed by atoms with van der Waals surface area (Å²) in [4.78, 5) is 3.37. The molecule has 0 amide bonds. The van der Waals surface area contributed by atoms with Gasteiger partial charge in [0.05, 0.1) is 13.2 Å². The van der Waals surface area contributed by atoms with Crippen LogP contribution in [0.25, 0.3) is 10.9 Å². The summed E-state index contributed by atoms with van der Waals surface area (Å²) in [6.45, 7) is 4.59. The van der Waals surface area contributed by atoms with E-state index in [1.54, 1.807) is 0 Å². The van der Waals surface area contributed by atoms with Crippen LogP contribution in [0.4, 0.5) is 0 Å². The van der Waals surface area contributed by atoms with E-state index >= 15 is 0 Å². The zero-order chi connectivity index (χ0) is 12.6. The third-order valence-electron chi connectivity index (χ3n) is 4.06. The van der Waals surface area contributed by atoms with Crippen molar-refractivity contribution in [2.75, 3.05) is 19.8 Å². The van der Waals surface area contributed by atoms with Crippen LogP contribution in [-0.2, 0) is 10.2 Å². The standard InChI is InChI=1S/C15H20N2O/c1-11(7-16)6-15(9-18-10-15)13-8-17-14-5-3-2-4-12(13)14/h2-5,8,11,17H,6-7,9-10,16H2,1H3. The first-order chi connectivity index (χ1) is 8.75. The summed E-state index contributed by atoms with van der Waals surface area (Å²) < 4.78 is 5.50. The molecule has 2 aromatic rings. The van der Waals surface area contributed by atoms with Gasteiger partial charge in [-0.3, -0.25) is 0 Å². The highest BCUT2D eigenvalue weighted by Gasteiger charge is 2.42. The van der Waals surface area contributed by atoms with Gasteiger partial charge in [0.1, 0.15) is 0 Å². The van der Waals surface area contributed by atoms with Gasteiger partial charge >= 0.3 is 0 Å². The number of hydrogen-bond donors (Lipinski definition) is 2. The molecule has 3 rings (SSSR count). The van der Waals surface area contributed by atoms with Crippen molar-refractivity contribution < 1.29 is 4.74 Å². The van der Waals surface area contributed by atoms with Crippen molar-refractivity contribution in [3.8, 4) is 0 Å². The molecule has 1 saturated heterocycles. The number of fused-ring (bicyclic) bond motifs is 1. The summed E-state index contributed by atoms with van der Waals surface area (Å²) >= 11 is 0. The van der Waals surface area contributed by atoms with Crippen LogP contribution >= 0.6 is 0 Å². The van der Waals surface area contributed by atoms with E-state index in [1.165, 1.54) is 16.5 Å². The fourth-order valence-electron chi connectivity index (χ4n) is 2.99. The van der Waals surface area contributed by atoms with E-state index in [4.69, 9.17) is 10.5 Å². The van der Waals surface area contributed by atoms with Crippen LogP contribution in [0.15, 0.2) is 30.5 Å². The molecule has 0 radical (unpaired) electrons. The van der Waals surface area contributed by atoms with Gasteiger partial charge in [0, 0.05) is 22.5 Å². The molecule has 1 aromatic heterocycles. The summed E-state index contributed by atoms with van der Waals surface area (Å²) in [5, 5.41) is 1.32. The van der Waals surface area contributed by atoms with Crippen molar-refractivity contribution in [2.24, 2.45) is 11.7 Å². The molecule has 1 fully saturated rings. The number of rotatable bonds is 4. The number of hydrogen-bond acceptors (Lipinski definition) is 2. The number of ether oxygens (including phenoxy) is 1.